The highest BCUT2D eigenvalue weighted by molar-refractivity contribution is 7.16. The molecule has 0 spiro atoms. The number of aromatic nitrogens is 1. The molecule has 0 fully saturated rings. The van der Waals surface area contributed by atoms with Gasteiger partial charge in [-0.1, -0.05) is 17.7 Å². The van der Waals surface area contributed by atoms with Gasteiger partial charge in [0.1, 0.15) is 5.75 Å². The van der Waals surface area contributed by atoms with Gasteiger partial charge in [0.05, 0.1) is 19.3 Å². The summed E-state index contributed by atoms with van der Waals surface area (Å²) in [4.78, 5) is 29.7. The largest absolute Gasteiger partial charge is 0.497 e. The van der Waals surface area contributed by atoms with Crippen molar-refractivity contribution in [3.05, 3.63) is 64.0 Å². The van der Waals surface area contributed by atoms with Crippen LogP contribution in [0.4, 0.5) is 5.13 Å². The predicted octanol–water partition coefficient (Wildman–Crippen LogP) is 4.15. The number of methoxy groups -OCH3 is 1. The summed E-state index contributed by atoms with van der Waals surface area (Å²) in [7, 11) is 1.61. The van der Waals surface area contributed by atoms with E-state index in [-0.39, 0.29) is 18.4 Å². The Morgan fingerprint density at radius 2 is 1.93 bits per heavy atom. The van der Waals surface area contributed by atoms with Gasteiger partial charge >= 0.3 is 0 Å². The zero-order chi connectivity index (χ0) is 20.1. The molecule has 2 N–H and O–H groups in total. The number of nitrogens with one attached hydrogen (secondary N) is 2. The Balaban J connectivity index is 1.60. The quantitative estimate of drug-likeness (QED) is 0.633. The van der Waals surface area contributed by atoms with E-state index in [4.69, 9.17) is 16.3 Å². The molecule has 1 aromatic heterocycles. The van der Waals surface area contributed by atoms with E-state index in [1.165, 1.54) is 11.3 Å². The van der Waals surface area contributed by atoms with Crippen LogP contribution in [0.2, 0.25) is 5.02 Å². The Kier molecular flexibility index (Phi) is 6.28. The summed E-state index contributed by atoms with van der Waals surface area (Å²) in [5.41, 5.74) is 2.13. The molecule has 6 nitrogen and oxygen atoms in total. The summed E-state index contributed by atoms with van der Waals surface area (Å²) in [5, 5.41) is 6.22. The lowest BCUT2D eigenvalue weighted by Crippen LogP contribution is -2.32. The Morgan fingerprint density at radius 1 is 1.18 bits per heavy atom. The number of halogens is 1. The molecule has 0 unspecified atom stereocenters. The van der Waals surface area contributed by atoms with E-state index in [1.807, 2.05) is 31.2 Å². The number of amides is 2. The molecule has 144 valence electrons. The number of ether oxygens (including phenoxy) is 1. The van der Waals surface area contributed by atoms with Crippen LogP contribution in [-0.2, 0) is 4.79 Å². The lowest BCUT2D eigenvalue weighted by atomic mass is 10.1. The van der Waals surface area contributed by atoms with Gasteiger partial charge < -0.3 is 15.4 Å². The highest BCUT2D eigenvalue weighted by Crippen LogP contribution is 2.31. The van der Waals surface area contributed by atoms with Crippen molar-refractivity contribution < 1.29 is 14.3 Å². The third-order valence-corrected chi connectivity index (χ3v) is 5.02. The second-order valence-electron chi connectivity index (χ2n) is 5.89. The van der Waals surface area contributed by atoms with Crippen LogP contribution in [0.15, 0.2) is 48.5 Å². The van der Waals surface area contributed by atoms with Crippen molar-refractivity contribution in [2.24, 2.45) is 0 Å². The number of nitrogens with zero attached hydrogens (tertiary/aromatic N) is 1. The Hall–Kier alpha value is -2.90. The summed E-state index contributed by atoms with van der Waals surface area (Å²) in [6.07, 6.45) is 0. The van der Waals surface area contributed by atoms with Crippen molar-refractivity contribution in [1.82, 2.24) is 10.3 Å². The van der Waals surface area contributed by atoms with E-state index < -0.39 is 0 Å². The molecule has 2 amide bonds. The van der Waals surface area contributed by atoms with Crippen molar-refractivity contribution in [2.75, 3.05) is 19.0 Å². The first-order chi connectivity index (χ1) is 13.5. The SMILES string of the molecule is COc1ccc(-c2nc(NC(=O)CNC(=O)c3cccc(Cl)c3)sc2C)cc1. The molecule has 1 heterocycles. The standard InChI is InChI=1S/C20H18ClN3O3S/c1-12-18(13-6-8-16(27-2)9-7-13)24-20(28-12)23-17(25)11-22-19(26)14-4-3-5-15(21)10-14/h3-10H,11H2,1-2H3,(H,22,26)(H,23,24,25). The molecule has 0 aliphatic heterocycles. The first-order valence-corrected chi connectivity index (χ1v) is 9.61. The van der Waals surface area contributed by atoms with Crippen LogP contribution in [0.25, 0.3) is 11.3 Å². The minimum atomic E-state index is -0.369. The second kappa shape index (κ2) is 8.86. The zero-order valence-electron chi connectivity index (χ0n) is 15.3. The van der Waals surface area contributed by atoms with E-state index in [0.717, 1.165) is 21.9 Å². The smallest absolute Gasteiger partial charge is 0.251 e. The monoisotopic (exact) mass is 415 g/mol. The highest BCUT2D eigenvalue weighted by Gasteiger charge is 2.13. The Labute approximate surface area is 171 Å². The van der Waals surface area contributed by atoms with Crippen LogP contribution >= 0.6 is 22.9 Å². The zero-order valence-corrected chi connectivity index (χ0v) is 16.9. The maximum Gasteiger partial charge on any atom is 0.251 e. The van der Waals surface area contributed by atoms with Gasteiger partial charge in [-0.2, -0.15) is 0 Å². The molecular weight excluding hydrogens is 398 g/mol. The number of hydrogen-bond acceptors (Lipinski definition) is 5. The van der Waals surface area contributed by atoms with Crippen molar-refractivity contribution in [3.63, 3.8) is 0 Å². The molecule has 0 aliphatic rings. The van der Waals surface area contributed by atoms with E-state index in [2.05, 4.69) is 15.6 Å². The maximum atomic E-state index is 12.2. The first-order valence-electron chi connectivity index (χ1n) is 8.41. The fraction of sp³-hybridized carbons (Fsp3) is 0.150. The number of hydrogen-bond donors (Lipinski definition) is 2. The minimum absolute atomic E-state index is 0.165. The Bertz CT molecular complexity index is 1000. The van der Waals surface area contributed by atoms with Gasteiger partial charge in [-0.15, -0.1) is 11.3 Å². The molecule has 3 aromatic rings. The summed E-state index contributed by atoms with van der Waals surface area (Å²) in [6.45, 7) is 1.77. The maximum absolute atomic E-state index is 12.2. The number of benzene rings is 2. The molecule has 0 bridgehead atoms. The van der Waals surface area contributed by atoms with Gasteiger partial charge in [0, 0.05) is 21.0 Å². The highest BCUT2D eigenvalue weighted by atomic mass is 35.5. The molecule has 0 radical (unpaired) electrons. The summed E-state index contributed by atoms with van der Waals surface area (Å²) in [5.74, 6) is 0.0397. The van der Waals surface area contributed by atoms with Crippen LogP contribution in [0, 0.1) is 6.92 Å². The van der Waals surface area contributed by atoms with E-state index in [1.54, 1.807) is 31.4 Å². The number of rotatable bonds is 6. The lowest BCUT2D eigenvalue weighted by molar-refractivity contribution is -0.115. The predicted molar refractivity (Wildman–Crippen MR) is 111 cm³/mol. The number of aryl methyl sites for hydroxylation is 1. The molecule has 2 aromatic carbocycles. The van der Waals surface area contributed by atoms with Gasteiger partial charge in [-0.05, 0) is 49.4 Å². The summed E-state index contributed by atoms with van der Waals surface area (Å²) >= 11 is 7.25. The van der Waals surface area contributed by atoms with Crippen LogP contribution in [-0.4, -0.2) is 30.5 Å². The van der Waals surface area contributed by atoms with E-state index in [9.17, 15) is 9.59 Å². The molecule has 0 aliphatic carbocycles. The van der Waals surface area contributed by atoms with Gasteiger partial charge in [0.15, 0.2) is 5.13 Å². The van der Waals surface area contributed by atoms with Crippen LogP contribution in [0.3, 0.4) is 0 Å². The average Bonchev–Trinajstić information content (AvgIpc) is 3.06. The van der Waals surface area contributed by atoms with Gasteiger partial charge in [-0.3, -0.25) is 9.59 Å². The first kappa shape index (κ1) is 19.9. The van der Waals surface area contributed by atoms with E-state index in [0.29, 0.717) is 15.7 Å². The molecular formula is C20H18ClN3O3S. The summed E-state index contributed by atoms with van der Waals surface area (Å²) in [6, 6.07) is 14.1. The van der Waals surface area contributed by atoms with Crippen LogP contribution in [0.5, 0.6) is 5.75 Å². The van der Waals surface area contributed by atoms with Crippen molar-refractivity contribution >= 4 is 39.9 Å². The van der Waals surface area contributed by atoms with Crippen LogP contribution in [0.1, 0.15) is 15.2 Å². The molecule has 0 atom stereocenters. The molecule has 3 rings (SSSR count). The lowest BCUT2D eigenvalue weighted by Gasteiger charge is -2.05. The number of anilines is 1. The normalized spacial score (nSPS) is 10.4. The van der Waals surface area contributed by atoms with Crippen molar-refractivity contribution in [1.29, 1.82) is 0 Å². The van der Waals surface area contributed by atoms with Crippen LogP contribution < -0.4 is 15.4 Å². The molecule has 0 saturated heterocycles. The molecule has 8 heteroatoms. The van der Waals surface area contributed by atoms with E-state index >= 15 is 0 Å². The van der Waals surface area contributed by atoms with Gasteiger partial charge in [0.25, 0.3) is 5.91 Å². The fourth-order valence-electron chi connectivity index (χ4n) is 2.52. The minimum Gasteiger partial charge on any atom is -0.497 e. The average molecular weight is 416 g/mol. The van der Waals surface area contributed by atoms with Crippen molar-refractivity contribution in [3.8, 4) is 17.0 Å². The number of thiazole rings is 1. The topological polar surface area (TPSA) is 80.3 Å². The number of carbonyl (C=O) groups excluding carboxylic acids is 2. The molecule has 28 heavy (non-hydrogen) atoms. The van der Waals surface area contributed by atoms with Gasteiger partial charge in [0.2, 0.25) is 5.91 Å². The third-order valence-electron chi connectivity index (χ3n) is 3.90. The Morgan fingerprint density at radius 3 is 2.61 bits per heavy atom. The fourth-order valence-corrected chi connectivity index (χ4v) is 3.56. The summed E-state index contributed by atoms with van der Waals surface area (Å²) < 4.78 is 5.16. The molecule has 0 saturated carbocycles. The second-order valence-corrected chi connectivity index (χ2v) is 7.53. The number of carbonyl (C=O) groups is 2. The van der Waals surface area contributed by atoms with Crippen molar-refractivity contribution in [2.45, 2.75) is 6.92 Å². The van der Waals surface area contributed by atoms with Gasteiger partial charge in [-0.25, -0.2) is 4.98 Å². The third kappa shape index (κ3) is 4.88.